The maximum atomic E-state index is 11.7. The van der Waals surface area contributed by atoms with Gasteiger partial charge in [0.25, 0.3) is 0 Å². The van der Waals surface area contributed by atoms with E-state index in [1.54, 1.807) is 0 Å². The third-order valence-corrected chi connectivity index (χ3v) is 1.85. The molecule has 0 bridgehead atoms. The Kier molecular flexibility index (Phi) is 3.28. The summed E-state index contributed by atoms with van der Waals surface area (Å²) in [6.07, 6.45) is 0.835. The first kappa shape index (κ1) is 10.8. The molecule has 0 aliphatic carbocycles. The van der Waals surface area contributed by atoms with Crippen LogP contribution in [0.1, 0.15) is 0 Å². The fourth-order valence-corrected chi connectivity index (χ4v) is 1.14. The van der Waals surface area contributed by atoms with E-state index in [1.165, 1.54) is 0 Å². The minimum absolute atomic E-state index is 0.0353. The second-order valence-corrected chi connectivity index (χ2v) is 2.96. The molecular formula is C6H3BrF2N2O3. The molecule has 1 rings (SSSR count). The van der Waals surface area contributed by atoms with E-state index in [9.17, 15) is 18.9 Å². The Morgan fingerprint density at radius 2 is 2.29 bits per heavy atom. The van der Waals surface area contributed by atoms with Crippen LogP contribution < -0.4 is 4.74 Å². The van der Waals surface area contributed by atoms with Crippen molar-refractivity contribution in [2.24, 2.45) is 0 Å². The number of rotatable bonds is 3. The highest BCUT2D eigenvalue weighted by Crippen LogP contribution is 2.27. The molecule has 8 heteroatoms. The van der Waals surface area contributed by atoms with Crippen molar-refractivity contribution in [3.05, 3.63) is 26.9 Å². The highest BCUT2D eigenvalue weighted by Gasteiger charge is 2.15. The van der Waals surface area contributed by atoms with Crippen LogP contribution in [0.5, 0.6) is 5.88 Å². The number of halogens is 3. The molecule has 0 saturated carbocycles. The average Bonchev–Trinajstić information content (AvgIpc) is 2.01. The SMILES string of the molecule is O=[N+]([O-])c1cnc(OC(F)F)cc1Br. The molecule has 0 aliphatic rings. The number of aromatic nitrogens is 1. The van der Waals surface area contributed by atoms with E-state index in [1.807, 2.05) is 0 Å². The predicted octanol–water partition coefficient (Wildman–Crippen LogP) is 2.35. The standard InChI is InChI=1S/C6H3BrF2N2O3/c7-3-1-5(14-6(8)9)10-2-4(3)11(12)13/h1-2,6H. The number of ether oxygens (including phenoxy) is 1. The number of nitro groups is 1. The first-order valence-electron chi connectivity index (χ1n) is 3.25. The molecule has 0 N–H and O–H groups in total. The molecule has 0 saturated heterocycles. The summed E-state index contributed by atoms with van der Waals surface area (Å²) in [4.78, 5) is 12.9. The fraction of sp³-hybridized carbons (Fsp3) is 0.167. The van der Waals surface area contributed by atoms with Crippen molar-refractivity contribution >= 4 is 21.6 Å². The molecule has 5 nitrogen and oxygen atoms in total. The summed E-state index contributed by atoms with van der Waals surface area (Å²) < 4.78 is 27.4. The van der Waals surface area contributed by atoms with Gasteiger partial charge in [0.15, 0.2) is 0 Å². The van der Waals surface area contributed by atoms with Gasteiger partial charge in [0.2, 0.25) is 5.88 Å². The average molecular weight is 269 g/mol. The highest BCUT2D eigenvalue weighted by atomic mass is 79.9. The number of pyridine rings is 1. The van der Waals surface area contributed by atoms with E-state index in [-0.39, 0.29) is 16.0 Å². The molecule has 1 aromatic heterocycles. The van der Waals surface area contributed by atoms with Crippen LogP contribution in [-0.4, -0.2) is 16.5 Å². The van der Waals surface area contributed by atoms with Gasteiger partial charge in [-0.2, -0.15) is 8.78 Å². The van der Waals surface area contributed by atoms with Crippen molar-refractivity contribution in [3.8, 4) is 5.88 Å². The minimum Gasteiger partial charge on any atom is -0.417 e. The molecule has 0 spiro atoms. The maximum absolute atomic E-state index is 11.7. The van der Waals surface area contributed by atoms with E-state index < -0.39 is 11.5 Å². The fourth-order valence-electron chi connectivity index (χ4n) is 0.696. The molecule has 76 valence electrons. The van der Waals surface area contributed by atoms with Crippen molar-refractivity contribution in [1.82, 2.24) is 4.98 Å². The van der Waals surface area contributed by atoms with Gasteiger partial charge in [-0.05, 0) is 15.9 Å². The van der Waals surface area contributed by atoms with E-state index in [2.05, 4.69) is 25.7 Å². The first-order valence-corrected chi connectivity index (χ1v) is 4.04. The van der Waals surface area contributed by atoms with Crippen LogP contribution in [0.15, 0.2) is 16.7 Å². The van der Waals surface area contributed by atoms with Crippen LogP contribution in [0.4, 0.5) is 14.5 Å². The Hall–Kier alpha value is -1.31. The molecule has 0 atom stereocenters. The Balaban J connectivity index is 2.94. The van der Waals surface area contributed by atoms with Crippen LogP contribution in [0.3, 0.4) is 0 Å². The lowest BCUT2D eigenvalue weighted by Crippen LogP contribution is -2.03. The van der Waals surface area contributed by atoms with Gasteiger partial charge in [-0.15, -0.1) is 0 Å². The molecule has 0 amide bonds. The zero-order valence-corrected chi connectivity index (χ0v) is 8.07. The van der Waals surface area contributed by atoms with Gasteiger partial charge in [0, 0.05) is 6.07 Å². The molecule has 1 heterocycles. The topological polar surface area (TPSA) is 65.3 Å². The van der Waals surface area contributed by atoms with Crippen LogP contribution >= 0.6 is 15.9 Å². The normalized spacial score (nSPS) is 10.3. The van der Waals surface area contributed by atoms with Crippen LogP contribution in [0.2, 0.25) is 0 Å². The van der Waals surface area contributed by atoms with E-state index in [4.69, 9.17) is 0 Å². The molecule has 0 aromatic carbocycles. The van der Waals surface area contributed by atoms with Crippen molar-refractivity contribution in [2.45, 2.75) is 6.61 Å². The maximum Gasteiger partial charge on any atom is 0.388 e. The lowest BCUT2D eigenvalue weighted by atomic mass is 10.4. The molecule has 0 aliphatic heterocycles. The van der Waals surface area contributed by atoms with Crippen molar-refractivity contribution in [2.75, 3.05) is 0 Å². The van der Waals surface area contributed by atoms with Crippen molar-refractivity contribution < 1.29 is 18.4 Å². The minimum atomic E-state index is -3.00. The van der Waals surface area contributed by atoms with Crippen molar-refractivity contribution in [3.63, 3.8) is 0 Å². The Morgan fingerprint density at radius 3 is 2.71 bits per heavy atom. The van der Waals surface area contributed by atoms with Crippen molar-refractivity contribution in [1.29, 1.82) is 0 Å². The quantitative estimate of drug-likeness (QED) is 0.624. The van der Waals surface area contributed by atoms with E-state index in [0.29, 0.717) is 0 Å². The second-order valence-electron chi connectivity index (χ2n) is 2.11. The second kappa shape index (κ2) is 4.27. The first-order chi connectivity index (χ1) is 6.50. The summed E-state index contributed by atoms with van der Waals surface area (Å²) in [5.41, 5.74) is -0.313. The molecule has 0 radical (unpaired) electrons. The van der Waals surface area contributed by atoms with Gasteiger partial charge >= 0.3 is 12.3 Å². The summed E-state index contributed by atoms with van der Waals surface area (Å²) in [7, 11) is 0. The predicted molar refractivity (Wildman–Crippen MR) is 45.2 cm³/mol. The zero-order valence-electron chi connectivity index (χ0n) is 6.49. The third kappa shape index (κ3) is 2.59. The smallest absolute Gasteiger partial charge is 0.388 e. The number of hydrogen-bond donors (Lipinski definition) is 0. The third-order valence-electron chi connectivity index (χ3n) is 1.22. The molecule has 1 aromatic rings. The van der Waals surface area contributed by atoms with Crippen LogP contribution in [0.25, 0.3) is 0 Å². The lowest BCUT2D eigenvalue weighted by Gasteiger charge is -2.02. The lowest BCUT2D eigenvalue weighted by molar-refractivity contribution is -0.386. The highest BCUT2D eigenvalue weighted by molar-refractivity contribution is 9.10. The monoisotopic (exact) mass is 268 g/mol. The number of nitrogens with zero attached hydrogens (tertiary/aromatic N) is 2. The van der Waals surface area contributed by atoms with Gasteiger partial charge in [0.1, 0.15) is 10.7 Å². The summed E-state index contributed by atoms with van der Waals surface area (Å²) in [5.74, 6) is -0.377. The van der Waals surface area contributed by atoms with Gasteiger partial charge in [-0.1, -0.05) is 0 Å². The van der Waals surface area contributed by atoms with E-state index >= 15 is 0 Å². The molecule has 0 fully saturated rings. The number of hydrogen-bond acceptors (Lipinski definition) is 4. The Labute approximate surface area is 85.0 Å². The van der Waals surface area contributed by atoms with Gasteiger partial charge in [-0.3, -0.25) is 10.1 Å². The van der Waals surface area contributed by atoms with E-state index in [0.717, 1.165) is 12.3 Å². The van der Waals surface area contributed by atoms with Gasteiger partial charge in [0.05, 0.1) is 4.92 Å². The van der Waals surface area contributed by atoms with Crippen LogP contribution in [0, 0.1) is 10.1 Å². The largest absolute Gasteiger partial charge is 0.417 e. The molecule has 0 unspecified atom stereocenters. The number of alkyl halides is 2. The Bertz CT molecular complexity index is 361. The summed E-state index contributed by atoms with van der Waals surface area (Å²) in [6, 6.07) is 1.00. The zero-order chi connectivity index (χ0) is 10.7. The van der Waals surface area contributed by atoms with Gasteiger partial charge in [-0.25, -0.2) is 4.98 Å². The Morgan fingerprint density at radius 1 is 1.64 bits per heavy atom. The molecular weight excluding hydrogens is 266 g/mol. The summed E-state index contributed by atoms with van der Waals surface area (Å²) >= 11 is 2.83. The molecule has 14 heavy (non-hydrogen) atoms. The van der Waals surface area contributed by atoms with Crippen LogP contribution in [-0.2, 0) is 0 Å². The van der Waals surface area contributed by atoms with Gasteiger partial charge < -0.3 is 4.74 Å². The summed E-state index contributed by atoms with van der Waals surface area (Å²) in [6.45, 7) is -3.00. The summed E-state index contributed by atoms with van der Waals surface area (Å²) in [5, 5.41) is 10.3.